The normalized spacial score (nSPS) is 11.4. The molecular formula is C35H26N4Na4O17S4. The molecule has 0 unspecified atom stereocenters. The molecule has 0 saturated carbocycles. The van der Waals surface area contributed by atoms with Crippen molar-refractivity contribution in [1.29, 1.82) is 0 Å². The van der Waals surface area contributed by atoms with Gasteiger partial charge in [0.2, 0.25) is 0 Å². The third-order valence-electron chi connectivity index (χ3n) is 8.42. The molecule has 0 heterocycles. The van der Waals surface area contributed by atoms with E-state index in [1.165, 1.54) is 48.5 Å². The summed E-state index contributed by atoms with van der Waals surface area (Å²) in [6.45, 7) is 0. The van der Waals surface area contributed by atoms with E-state index in [1.54, 1.807) is 0 Å². The average molecular weight is 995 g/mol. The van der Waals surface area contributed by atoms with Gasteiger partial charge in [-0.3, -0.25) is 27.8 Å². The minimum absolute atomic E-state index is 0. The van der Waals surface area contributed by atoms with Crippen LogP contribution in [0.15, 0.2) is 117 Å². The van der Waals surface area contributed by atoms with Crippen LogP contribution in [-0.2, 0) is 40.5 Å². The van der Waals surface area contributed by atoms with Crippen molar-refractivity contribution in [2.75, 3.05) is 21.3 Å². The van der Waals surface area contributed by atoms with Crippen LogP contribution in [0.25, 0.3) is 21.5 Å². The van der Waals surface area contributed by atoms with Crippen molar-refractivity contribution < 1.29 is 76.5 Å². The van der Waals surface area contributed by atoms with Gasteiger partial charge in [-0.15, -0.1) is 0 Å². The molecule has 10 N–H and O–H groups in total. The summed E-state index contributed by atoms with van der Waals surface area (Å²) in [6.07, 6.45) is 0. The SMILES string of the molecule is O=C(Nc1cccc(C(=O)Nc2cc3c(O)cc(S(=O)(=O)O)cc3cc2S(=O)(=O)O)c1)Nc1cccc(C(=O)Nc2cc3c(O)cc(S(=O)(=O)O)cc3cc2S(=O)(=O)O)c1.[Na].[Na].[Na].[Na]. The summed E-state index contributed by atoms with van der Waals surface area (Å²) in [4.78, 5) is 36.1. The quantitative estimate of drug-likeness (QED) is 0.0696. The van der Waals surface area contributed by atoms with Gasteiger partial charge in [-0.05, 0) is 83.6 Å². The Morgan fingerprint density at radius 1 is 0.422 bits per heavy atom. The second kappa shape index (κ2) is 21.9. The van der Waals surface area contributed by atoms with Gasteiger partial charge >= 0.3 is 6.03 Å². The van der Waals surface area contributed by atoms with Gasteiger partial charge in [-0.1, -0.05) is 12.1 Å². The number of benzene rings is 6. The zero-order chi connectivity index (χ0) is 44.1. The third-order valence-corrected chi connectivity index (χ3v) is 11.9. The molecule has 64 heavy (non-hydrogen) atoms. The van der Waals surface area contributed by atoms with Crippen LogP contribution in [0.1, 0.15) is 20.7 Å². The Balaban J connectivity index is 0.00000352. The van der Waals surface area contributed by atoms with E-state index in [-0.39, 0.29) is 162 Å². The van der Waals surface area contributed by atoms with E-state index in [1.807, 2.05) is 0 Å². The topological polar surface area (TPSA) is 357 Å². The summed E-state index contributed by atoms with van der Waals surface area (Å²) in [7, 11) is -19.8. The molecule has 0 aliphatic heterocycles. The van der Waals surface area contributed by atoms with E-state index >= 15 is 0 Å². The summed E-state index contributed by atoms with van der Waals surface area (Å²) >= 11 is 0. The molecule has 4 amide bonds. The first-order valence-electron chi connectivity index (χ1n) is 16.2. The Labute approximate surface area is 452 Å². The minimum Gasteiger partial charge on any atom is -0.507 e. The van der Waals surface area contributed by atoms with Gasteiger partial charge in [-0.2, -0.15) is 33.7 Å². The number of hydrogen-bond donors (Lipinski definition) is 10. The van der Waals surface area contributed by atoms with Crippen LogP contribution < -0.4 is 21.3 Å². The first-order valence-corrected chi connectivity index (χ1v) is 22.0. The van der Waals surface area contributed by atoms with Gasteiger partial charge in [0.05, 0.1) is 21.2 Å². The van der Waals surface area contributed by atoms with E-state index in [2.05, 4.69) is 21.3 Å². The molecule has 316 valence electrons. The maximum Gasteiger partial charge on any atom is 0.323 e. The van der Waals surface area contributed by atoms with Crippen molar-refractivity contribution in [2.24, 2.45) is 0 Å². The monoisotopic (exact) mass is 994 g/mol. The Hall–Kier alpha value is -2.71. The number of hydrogen-bond acceptors (Lipinski definition) is 13. The number of carbonyl (C=O) groups is 3. The molecule has 0 spiro atoms. The molecule has 21 nitrogen and oxygen atoms in total. The second-order valence-electron chi connectivity index (χ2n) is 12.6. The molecule has 0 saturated heterocycles. The minimum atomic E-state index is -5.08. The predicted molar refractivity (Wildman–Crippen MR) is 235 cm³/mol. The number of phenolic OH excluding ortho intramolecular Hbond substituents is 2. The molecule has 4 radical (unpaired) electrons. The van der Waals surface area contributed by atoms with Gasteiger partial charge in [0, 0.05) is 164 Å². The number of rotatable bonds is 10. The fourth-order valence-electron chi connectivity index (χ4n) is 5.77. The smallest absolute Gasteiger partial charge is 0.323 e. The third kappa shape index (κ3) is 13.7. The van der Waals surface area contributed by atoms with Crippen LogP contribution in [0.5, 0.6) is 11.5 Å². The van der Waals surface area contributed by atoms with Crippen LogP contribution in [0.3, 0.4) is 0 Å². The Bertz CT molecular complexity index is 3110. The fourth-order valence-corrected chi connectivity index (χ4v) is 8.17. The van der Waals surface area contributed by atoms with Gasteiger partial charge in [-0.25, -0.2) is 4.79 Å². The number of phenols is 2. The molecule has 6 rings (SSSR count). The molecule has 0 atom stereocenters. The van der Waals surface area contributed by atoms with Gasteiger partial charge in [0.25, 0.3) is 52.3 Å². The van der Waals surface area contributed by atoms with Gasteiger partial charge < -0.3 is 31.5 Å². The van der Waals surface area contributed by atoms with Crippen molar-refractivity contribution in [2.45, 2.75) is 19.6 Å². The van der Waals surface area contributed by atoms with E-state index in [9.17, 15) is 76.5 Å². The number of anilines is 4. The molecule has 6 aromatic carbocycles. The molecular weight excluding hydrogens is 969 g/mol. The van der Waals surface area contributed by atoms with E-state index in [0.29, 0.717) is 12.1 Å². The van der Waals surface area contributed by atoms with Crippen LogP contribution in [0, 0.1) is 0 Å². The van der Waals surface area contributed by atoms with E-state index < -0.39 is 101 Å². The van der Waals surface area contributed by atoms with Crippen molar-refractivity contribution in [3.63, 3.8) is 0 Å². The predicted octanol–water partition coefficient (Wildman–Crippen LogP) is 3.02. The summed E-state index contributed by atoms with van der Waals surface area (Å²) in [5.41, 5.74) is -1.37. The molecule has 0 fully saturated rings. The van der Waals surface area contributed by atoms with Gasteiger partial charge in [0.15, 0.2) is 0 Å². The first kappa shape index (κ1) is 57.4. The van der Waals surface area contributed by atoms with E-state index in [0.717, 1.165) is 36.4 Å². The first-order chi connectivity index (χ1) is 27.8. The number of nitrogens with one attached hydrogen (secondary N) is 4. The summed E-state index contributed by atoms with van der Waals surface area (Å²) in [5.74, 6) is -3.39. The van der Waals surface area contributed by atoms with E-state index in [4.69, 9.17) is 0 Å². The van der Waals surface area contributed by atoms with Crippen molar-refractivity contribution in [1.82, 2.24) is 0 Å². The Morgan fingerprint density at radius 3 is 1.08 bits per heavy atom. The van der Waals surface area contributed by atoms with Crippen molar-refractivity contribution in [3.8, 4) is 11.5 Å². The number of amides is 4. The second-order valence-corrected chi connectivity index (χ2v) is 18.2. The number of aromatic hydroxyl groups is 2. The summed E-state index contributed by atoms with van der Waals surface area (Å²) in [5, 5.41) is 29.4. The van der Waals surface area contributed by atoms with Crippen molar-refractivity contribution in [3.05, 3.63) is 108 Å². The Morgan fingerprint density at radius 2 is 0.766 bits per heavy atom. The van der Waals surface area contributed by atoms with Crippen LogP contribution in [0.2, 0.25) is 0 Å². The van der Waals surface area contributed by atoms with Crippen LogP contribution in [-0.4, -0.2) is 198 Å². The number of fused-ring (bicyclic) bond motifs is 2. The molecule has 29 heteroatoms. The maximum atomic E-state index is 13.2. The number of urea groups is 1. The summed E-state index contributed by atoms with van der Waals surface area (Å²) in [6, 6.07) is 15.8. The van der Waals surface area contributed by atoms with Crippen LogP contribution in [0.4, 0.5) is 27.5 Å². The van der Waals surface area contributed by atoms with Crippen molar-refractivity contribution >= 4 is 221 Å². The largest absolute Gasteiger partial charge is 0.507 e. The molecule has 6 aromatic rings. The molecule has 0 aliphatic rings. The van der Waals surface area contributed by atoms with Crippen LogP contribution >= 0.6 is 0 Å². The standard InChI is InChI=1S/C35H26N4O17S4.4Na/c40-29-13-23(57(45,46)47)9-19-11-31(59(51,52)53)27(15-25(19)29)38-33(42)17-3-1-5-21(7-17)36-35(44)37-22-6-2-4-18(8-22)34(43)39-28-16-26-20(12-32(28)60(54,55)56)10-24(14-30(26)41)58(48,49)50;;;;/h1-16,40-41H,(H,38,42)(H,39,43)(H2,36,37,44)(H,45,46,47)(H,48,49,50)(H,51,52,53)(H,54,55,56);;;;. The zero-order valence-corrected chi connectivity index (χ0v) is 44.8. The molecule has 0 aromatic heterocycles. The molecule has 0 aliphatic carbocycles. The molecule has 0 bridgehead atoms. The number of carbonyl (C=O) groups excluding carboxylic acids is 3. The maximum absolute atomic E-state index is 13.2. The average Bonchev–Trinajstić information content (AvgIpc) is 3.13. The van der Waals surface area contributed by atoms with Gasteiger partial charge in [0.1, 0.15) is 21.3 Å². The fraction of sp³-hybridized carbons (Fsp3) is 0. The summed E-state index contributed by atoms with van der Waals surface area (Å²) < 4.78 is 134. The zero-order valence-electron chi connectivity index (χ0n) is 33.5. The Kier molecular flexibility index (Phi) is 19.7.